The zero-order valence-corrected chi connectivity index (χ0v) is 17.2. The number of carbonyl (C=O) groups is 1. The summed E-state index contributed by atoms with van der Waals surface area (Å²) in [5.74, 6) is -0.0347. The Bertz CT molecular complexity index is 865. The van der Waals surface area contributed by atoms with E-state index in [1.807, 2.05) is 42.5 Å². The van der Waals surface area contributed by atoms with Crippen LogP contribution in [0.5, 0.6) is 0 Å². The van der Waals surface area contributed by atoms with Gasteiger partial charge in [0.1, 0.15) is 0 Å². The molecule has 28 heavy (non-hydrogen) atoms. The number of rotatable bonds is 6. The predicted octanol–water partition coefficient (Wildman–Crippen LogP) is 2.34. The maximum absolute atomic E-state index is 12.6. The number of benzene rings is 2. The van der Waals surface area contributed by atoms with Gasteiger partial charge >= 0.3 is 0 Å². The van der Waals surface area contributed by atoms with Crippen molar-refractivity contribution in [2.24, 2.45) is 0 Å². The molecule has 3 rings (SSSR count). The molecule has 1 amide bonds. The van der Waals surface area contributed by atoms with Crippen molar-refractivity contribution in [1.29, 1.82) is 0 Å². The molecule has 6 nitrogen and oxygen atoms in total. The Hall–Kier alpha value is -2.09. The summed E-state index contributed by atoms with van der Waals surface area (Å²) >= 11 is 0. The van der Waals surface area contributed by atoms with Gasteiger partial charge in [0.2, 0.25) is 15.9 Å². The smallest absolute Gasteiger partial charge is 0.224 e. The molecule has 0 radical (unpaired) electrons. The maximum atomic E-state index is 12.6. The van der Waals surface area contributed by atoms with Gasteiger partial charge in [-0.2, -0.15) is 0 Å². The van der Waals surface area contributed by atoms with Crippen LogP contribution in [0.4, 0.5) is 5.69 Å². The zero-order chi connectivity index (χ0) is 19.3. The number of hydrogen-bond donors (Lipinski definition) is 2. The standard InChI is InChI=1S/C20H25N3O3S.ClH/c21-18-8-6-16(7-9-18)14-20(24)22-19-10-12-23(13-11-19)27(25,26)15-17-4-2-1-3-5-17;/h1-9,19H,10-15,21H2,(H,22,24);1H. The minimum Gasteiger partial charge on any atom is -0.399 e. The molecule has 2 aromatic rings. The summed E-state index contributed by atoms with van der Waals surface area (Å²) in [5, 5.41) is 3.01. The van der Waals surface area contributed by atoms with Gasteiger partial charge in [0.15, 0.2) is 0 Å². The Morgan fingerprint density at radius 3 is 2.21 bits per heavy atom. The second-order valence-electron chi connectivity index (χ2n) is 6.90. The van der Waals surface area contributed by atoms with Crippen molar-refractivity contribution in [3.8, 4) is 0 Å². The first kappa shape index (κ1) is 22.2. The zero-order valence-electron chi connectivity index (χ0n) is 15.6. The third-order valence-electron chi connectivity index (χ3n) is 4.75. The molecule has 0 saturated carbocycles. The predicted molar refractivity (Wildman–Crippen MR) is 114 cm³/mol. The van der Waals surface area contributed by atoms with Crippen molar-refractivity contribution in [1.82, 2.24) is 9.62 Å². The van der Waals surface area contributed by atoms with Gasteiger partial charge in [0.05, 0.1) is 12.2 Å². The van der Waals surface area contributed by atoms with Crippen molar-refractivity contribution in [2.45, 2.75) is 31.1 Å². The average molecular weight is 424 g/mol. The molecule has 0 spiro atoms. The Morgan fingerprint density at radius 1 is 1.00 bits per heavy atom. The monoisotopic (exact) mass is 423 g/mol. The molecule has 0 atom stereocenters. The molecular formula is C20H26ClN3O3S. The third-order valence-corrected chi connectivity index (χ3v) is 6.60. The summed E-state index contributed by atoms with van der Waals surface area (Å²) in [4.78, 5) is 12.2. The van der Waals surface area contributed by atoms with Crippen LogP contribution in [0.1, 0.15) is 24.0 Å². The van der Waals surface area contributed by atoms with Crippen LogP contribution in [0, 0.1) is 0 Å². The highest BCUT2D eigenvalue weighted by Crippen LogP contribution is 2.18. The van der Waals surface area contributed by atoms with E-state index < -0.39 is 10.0 Å². The molecule has 1 aliphatic heterocycles. The van der Waals surface area contributed by atoms with Gasteiger partial charge in [0, 0.05) is 24.8 Å². The van der Waals surface area contributed by atoms with Gasteiger partial charge in [0.25, 0.3) is 0 Å². The van der Waals surface area contributed by atoms with E-state index in [1.54, 1.807) is 12.1 Å². The highest BCUT2D eigenvalue weighted by Gasteiger charge is 2.28. The Balaban J connectivity index is 0.00000280. The topological polar surface area (TPSA) is 92.5 Å². The summed E-state index contributed by atoms with van der Waals surface area (Å²) in [5.41, 5.74) is 8.01. The van der Waals surface area contributed by atoms with Crippen molar-refractivity contribution in [2.75, 3.05) is 18.8 Å². The van der Waals surface area contributed by atoms with Gasteiger partial charge < -0.3 is 11.1 Å². The molecule has 0 aromatic heterocycles. The lowest BCUT2D eigenvalue weighted by Gasteiger charge is -2.31. The van der Waals surface area contributed by atoms with Gasteiger partial charge in [-0.25, -0.2) is 12.7 Å². The maximum Gasteiger partial charge on any atom is 0.224 e. The van der Waals surface area contributed by atoms with Crippen LogP contribution >= 0.6 is 12.4 Å². The lowest BCUT2D eigenvalue weighted by Crippen LogP contribution is -2.47. The van der Waals surface area contributed by atoms with Crippen LogP contribution in [0.15, 0.2) is 54.6 Å². The van der Waals surface area contributed by atoms with Gasteiger partial charge in [-0.05, 0) is 36.1 Å². The molecule has 8 heteroatoms. The average Bonchev–Trinajstić information content (AvgIpc) is 2.64. The fourth-order valence-electron chi connectivity index (χ4n) is 3.25. The molecule has 0 aliphatic carbocycles. The molecule has 0 unspecified atom stereocenters. The van der Waals surface area contributed by atoms with E-state index in [9.17, 15) is 13.2 Å². The van der Waals surface area contributed by atoms with E-state index in [2.05, 4.69) is 5.32 Å². The van der Waals surface area contributed by atoms with Crippen molar-refractivity contribution in [3.05, 3.63) is 65.7 Å². The summed E-state index contributed by atoms with van der Waals surface area (Å²) in [6, 6.07) is 16.4. The first-order valence-corrected chi connectivity index (χ1v) is 10.7. The first-order valence-electron chi connectivity index (χ1n) is 9.08. The normalized spacial score (nSPS) is 15.6. The van der Waals surface area contributed by atoms with Crippen LogP contribution in [-0.2, 0) is 27.0 Å². The number of sulfonamides is 1. The van der Waals surface area contributed by atoms with E-state index in [1.165, 1.54) is 4.31 Å². The molecule has 2 aromatic carbocycles. The van der Waals surface area contributed by atoms with Crippen molar-refractivity contribution < 1.29 is 13.2 Å². The molecule has 0 bridgehead atoms. The fraction of sp³-hybridized carbons (Fsp3) is 0.350. The number of hydrogen-bond acceptors (Lipinski definition) is 4. The van der Waals surface area contributed by atoms with Crippen LogP contribution in [0.3, 0.4) is 0 Å². The molecule has 152 valence electrons. The molecule has 1 aliphatic rings. The van der Waals surface area contributed by atoms with Crippen LogP contribution in [0.25, 0.3) is 0 Å². The Morgan fingerprint density at radius 2 is 1.61 bits per heavy atom. The van der Waals surface area contributed by atoms with Gasteiger partial charge in [-0.1, -0.05) is 42.5 Å². The number of nitrogens with zero attached hydrogens (tertiary/aromatic N) is 1. The third kappa shape index (κ3) is 6.22. The number of piperidine rings is 1. The summed E-state index contributed by atoms with van der Waals surface area (Å²) in [6.07, 6.45) is 1.55. The van der Waals surface area contributed by atoms with E-state index in [4.69, 9.17) is 5.73 Å². The summed E-state index contributed by atoms with van der Waals surface area (Å²) in [7, 11) is -3.33. The lowest BCUT2D eigenvalue weighted by molar-refractivity contribution is -0.121. The quantitative estimate of drug-likeness (QED) is 0.697. The Labute approximate surface area is 172 Å². The lowest BCUT2D eigenvalue weighted by atomic mass is 10.1. The highest BCUT2D eigenvalue weighted by molar-refractivity contribution is 7.88. The highest BCUT2D eigenvalue weighted by atomic mass is 35.5. The number of nitrogens with two attached hydrogens (primary N) is 1. The SMILES string of the molecule is Cl.Nc1ccc(CC(=O)NC2CCN(S(=O)(=O)Cc3ccccc3)CC2)cc1. The van der Waals surface area contributed by atoms with E-state index >= 15 is 0 Å². The number of carbonyl (C=O) groups excluding carboxylic acids is 1. The molecule has 1 heterocycles. The summed E-state index contributed by atoms with van der Waals surface area (Å²) in [6.45, 7) is 0.865. The van der Waals surface area contributed by atoms with Crippen LogP contribution in [-0.4, -0.2) is 37.8 Å². The van der Waals surface area contributed by atoms with Crippen molar-refractivity contribution >= 4 is 34.0 Å². The van der Waals surface area contributed by atoms with Crippen LogP contribution in [0.2, 0.25) is 0 Å². The first-order chi connectivity index (χ1) is 12.9. The Kier molecular flexibility index (Phi) is 7.86. The second-order valence-corrected chi connectivity index (χ2v) is 8.87. The minimum atomic E-state index is -3.33. The van der Waals surface area contributed by atoms with Crippen molar-refractivity contribution in [3.63, 3.8) is 0 Å². The number of nitrogen functional groups attached to an aromatic ring is 1. The van der Waals surface area contributed by atoms with E-state index in [0.29, 0.717) is 38.0 Å². The molecule has 1 saturated heterocycles. The summed E-state index contributed by atoms with van der Waals surface area (Å²) < 4.78 is 26.7. The second kappa shape index (κ2) is 9.91. The molecular weight excluding hydrogens is 398 g/mol. The minimum absolute atomic E-state index is 0. The fourth-order valence-corrected chi connectivity index (χ4v) is 4.82. The number of halogens is 1. The van der Waals surface area contributed by atoms with Gasteiger partial charge in [-0.15, -0.1) is 12.4 Å². The molecule has 1 fully saturated rings. The van der Waals surface area contributed by atoms with E-state index in [-0.39, 0.29) is 30.1 Å². The number of nitrogens with one attached hydrogen (secondary N) is 1. The van der Waals surface area contributed by atoms with E-state index in [0.717, 1.165) is 11.1 Å². The largest absolute Gasteiger partial charge is 0.399 e. The van der Waals surface area contributed by atoms with Gasteiger partial charge in [-0.3, -0.25) is 4.79 Å². The number of amides is 1. The molecule has 3 N–H and O–H groups in total. The van der Waals surface area contributed by atoms with Crippen LogP contribution < -0.4 is 11.1 Å². The number of anilines is 1.